The van der Waals surface area contributed by atoms with E-state index in [0.29, 0.717) is 24.3 Å². The summed E-state index contributed by atoms with van der Waals surface area (Å²) in [4.78, 5) is 26.1. The molecule has 29 heavy (non-hydrogen) atoms. The first-order chi connectivity index (χ1) is 14.2. The van der Waals surface area contributed by atoms with Gasteiger partial charge in [0.1, 0.15) is 11.6 Å². The molecule has 0 atom stereocenters. The molecule has 8 heteroatoms. The number of carbonyl (C=O) groups excluding carboxylic acids is 2. The number of likely N-dealkylation sites (tertiary alicyclic amines) is 1. The summed E-state index contributed by atoms with van der Waals surface area (Å²) in [5.41, 5.74) is 1.57. The third-order valence-corrected chi connectivity index (χ3v) is 5.87. The Balaban J connectivity index is 1.27. The number of ether oxygens (including phenoxy) is 1. The average Bonchev–Trinajstić information content (AvgIpc) is 3.21. The van der Waals surface area contributed by atoms with Crippen molar-refractivity contribution in [3.8, 4) is 0 Å². The molecular weight excluding hydrogens is 370 g/mol. The lowest BCUT2D eigenvalue weighted by Crippen LogP contribution is -2.39. The van der Waals surface area contributed by atoms with E-state index in [1.807, 2.05) is 17.0 Å². The fourth-order valence-corrected chi connectivity index (χ4v) is 4.14. The van der Waals surface area contributed by atoms with Crippen molar-refractivity contribution in [1.82, 2.24) is 25.0 Å². The van der Waals surface area contributed by atoms with Gasteiger partial charge in [-0.3, -0.25) is 4.79 Å². The zero-order chi connectivity index (χ0) is 20.2. The zero-order valence-electron chi connectivity index (χ0n) is 16.8. The summed E-state index contributed by atoms with van der Waals surface area (Å²) >= 11 is 0. The van der Waals surface area contributed by atoms with Crippen molar-refractivity contribution in [2.24, 2.45) is 0 Å². The molecule has 2 aliphatic heterocycles. The molecule has 4 rings (SSSR count). The van der Waals surface area contributed by atoms with Gasteiger partial charge >= 0.3 is 5.97 Å². The van der Waals surface area contributed by atoms with E-state index in [1.165, 1.54) is 7.11 Å². The standard InChI is InChI=1S/C21H27N5O3/c1-29-21(28)17-5-2-15(3-6-17)4-7-19(27)25-11-8-16(9-12-25)20-24-23-18-14-22-10-13-26(18)20/h2-3,5-6,16,22H,4,7-14H2,1H3. The fourth-order valence-electron chi connectivity index (χ4n) is 4.14. The number of nitrogens with zero attached hydrogens (tertiary/aromatic N) is 4. The summed E-state index contributed by atoms with van der Waals surface area (Å²) in [6.45, 7) is 4.20. The number of hydrogen-bond acceptors (Lipinski definition) is 6. The summed E-state index contributed by atoms with van der Waals surface area (Å²) in [5.74, 6) is 2.32. The van der Waals surface area contributed by atoms with E-state index in [-0.39, 0.29) is 11.9 Å². The maximum Gasteiger partial charge on any atom is 0.337 e. The van der Waals surface area contributed by atoms with Crippen LogP contribution in [0.3, 0.4) is 0 Å². The molecule has 2 aromatic rings. The number of nitrogens with one attached hydrogen (secondary N) is 1. The number of aromatic nitrogens is 3. The van der Waals surface area contributed by atoms with Gasteiger partial charge in [0.15, 0.2) is 0 Å². The smallest absolute Gasteiger partial charge is 0.337 e. The highest BCUT2D eigenvalue weighted by Crippen LogP contribution is 2.28. The first-order valence-electron chi connectivity index (χ1n) is 10.2. The van der Waals surface area contributed by atoms with Gasteiger partial charge in [0.05, 0.1) is 19.2 Å². The van der Waals surface area contributed by atoms with Gasteiger partial charge in [-0.1, -0.05) is 12.1 Å². The largest absolute Gasteiger partial charge is 0.465 e. The Bertz CT molecular complexity index is 869. The Morgan fingerprint density at radius 2 is 1.90 bits per heavy atom. The molecular formula is C21H27N5O3. The van der Waals surface area contributed by atoms with Gasteiger partial charge in [-0.2, -0.15) is 0 Å². The molecule has 1 amide bonds. The van der Waals surface area contributed by atoms with Gasteiger partial charge in [0.2, 0.25) is 5.91 Å². The highest BCUT2D eigenvalue weighted by Gasteiger charge is 2.28. The van der Waals surface area contributed by atoms with Crippen LogP contribution in [0, 0.1) is 0 Å². The van der Waals surface area contributed by atoms with Crippen molar-refractivity contribution in [1.29, 1.82) is 0 Å². The van der Waals surface area contributed by atoms with Gasteiger partial charge in [-0.05, 0) is 37.0 Å². The molecule has 1 aromatic carbocycles. The maximum absolute atomic E-state index is 12.6. The molecule has 1 N–H and O–H groups in total. The molecule has 0 spiro atoms. The van der Waals surface area contributed by atoms with Crippen LogP contribution in [0.4, 0.5) is 0 Å². The van der Waals surface area contributed by atoms with E-state index < -0.39 is 0 Å². The van der Waals surface area contributed by atoms with Gasteiger partial charge in [0, 0.05) is 38.5 Å². The number of piperidine rings is 1. The van der Waals surface area contributed by atoms with Crippen molar-refractivity contribution >= 4 is 11.9 Å². The molecule has 3 heterocycles. The highest BCUT2D eigenvalue weighted by atomic mass is 16.5. The minimum absolute atomic E-state index is 0.188. The Labute approximate surface area is 170 Å². The van der Waals surface area contributed by atoms with Gasteiger partial charge in [-0.25, -0.2) is 4.79 Å². The van der Waals surface area contributed by atoms with Crippen LogP contribution in [0.2, 0.25) is 0 Å². The SMILES string of the molecule is COC(=O)c1ccc(CCC(=O)N2CCC(c3nnc4n3CCNC4)CC2)cc1. The Hall–Kier alpha value is -2.74. The maximum atomic E-state index is 12.6. The highest BCUT2D eigenvalue weighted by molar-refractivity contribution is 5.89. The molecule has 1 fully saturated rings. The van der Waals surface area contributed by atoms with Crippen LogP contribution >= 0.6 is 0 Å². The Morgan fingerprint density at radius 1 is 1.14 bits per heavy atom. The summed E-state index contributed by atoms with van der Waals surface area (Å²) in [7, 11) is 1.37. The number of methoxy groups -OCH3 is 1. The summed E-state index contributed by atoms with van der Waals surface area (Å²) in [6, 6.07) is 7.25. The van der Waals surface area contributed by atoms with Crippen LogP contribution in [-0.2, 0) is 29.0 Å². The van der Waals surface area contributed by atoms with Crippen molar-refractivity contribution in [3.05, 3.63) is 47.0 Å². The molecule has 1 saturated heterocycles. The van der Waals surface area contributed by atoms with Crippen molar-refractivity contribution < 1.29 is 14.3 Å². The molecule has 0 radical (unpaired) electrons. The summed E-state index contributed by atoms with van der Waals surface area (Å²) in [5, 5.41) is 12.1. The number of rotatable bonds is 5. The zero-order valence-corrected chi connectivity index (χ0v) is 16.8. The number of carbonyl (C=O) groups is 2. The first kappa shape index (κ1) is 19.6. The molecule has 0 unspecified atom stereocenters. The number of hydrogen-bond donors (Lipinski definition) is 1. The lowest BCUT2D eigenvalue weighted by atomic mass is 9.95. The van der Waals surface area contributed by atoms with Crippen LogP contribution in [-0.4, -0.2) is 58.3 Å². The number of aryl methyl sites for hydroxylation is 1. The summed E-state index contributed by atoms with van der Waals surface area (Å²) in [6.07, 6.45) is 3.02. The van der Waals surface area contributed by atoms with E-state index in [0.717, 1.165) is 62.8 Å². The van der Waals surface area contributed by atoms with Crippen LogP contribution in [0.5, 0.6) is 0 Å². The van der Waals surface area contributed by atoms with Gasteiger partial charge in [-0.15, -0.1) is 10.2 Å². The first-order valence-corrected chi connectivity index (χ1v) is 10.2. The average molecular weight is 397 g/mol. The second kappa shape index (κ2) is 8.73. The second-order valence-electron chi connectivity index (χ2n) is 7.65. The third kappa shape index (κ3) is 4.32. The van der Waals surface area contributed by atoms with Crippen molar-refractivity contribution in [2.45, 2.75) is 44.7 Å². The monoisotopic (exact) mass is 397 g/mol. The number of benzene rings is 1. The minimum Gasteiger partial charge on any atom is -0.465 e. The van der Waals surface area contributed by atoms with Crippen LogP contribution < -0.4 is 5.32 Å². The van der Waals surface area contributed by atoms with E-state index in [4.69, 9.17) is 4.74 Å². The number of fused-ring (bicyclic) bond motifs is 1. The van der Waals surface area contributed by atoms with Gasteiger partial charge in [0.25, 0.3) is 0 Å². The van der Waals surface area contributed by atoms with Crippen LogP contribution in [0.1, 0.15) is 52.8 Å². The van der Waals surface area contributed by atoms with Crippen molar-refractivity contribution in [2.75, 3.05) is 26.7 Å². The lowest BCUT2D eigenvalue weighted by molar-refractivity contribution is -0.132. The van der Waals surface area contributed by atoms with E-state index in [2.05, 4.69) is 20.1 Å². The third-order valence-electron chi connectivity index (χ3n) is 5.87. The number of amides is 1. The summed E-state index contributed by atoms with van der Waals surface area (Å²) < 4.78 is 6.95. The quantitative estimate of drug-likeness (QED) is 0.770. The lowest BCUT2D eigenvalue weighted by Gasteiger charge is -2.32. The molecule has 1 aromatic heterocycles. The predicted molar refractivity (Wildman–Crippen MR) is 106 cm³/mol. The number of esters is 1. The predicted octanol–water partition coefficient (Wildman–Crippen LogP) is 1.51. The Morgan fingerprint density at radius 3 is 2.62 bits per heavy atom. The second-order valence-corrected chi connectivity index (χ2v) is 7.65. The molecule has 0 aliphatic carbocycles. The molecule has 0 saturated carbocycles. The normalized spacial score (nSPS) is 17.1. The van der Waals surface area contributed by atoms with Gasteiger partial charge < -0.3 is 19.5 Å². The van der Waals surface area contributed by atoms with Crippen LogP contribution in [0.15, 0.2) is 24.3 Å². The van der Waals surface area contributed by atoms with E-state index in [1.54, 1.807) is 12.1 Å². The minimum atomic E-state index is -0.347. The van der Waals surface area contributed by atoms with E-state index >= 15 is 0 Å². The molecule has 8 nitrogen and oxygen atoms in total. The Kier molecular flexibility index (Phi) is 5.89. The van der Waals surface area contributed by atoms with E-state index in [9.17, 15) is 9.59 Å². The molecule has 154 valence electrons. The van der Waals surface area contributed by atoms with Crippen molar-refractivity contribution in [3.63, 3.8) is 0 Å². The fraction of sp³-hybridized carbons (Fsp3) is 0.524. The molecule has 2 aliphatic rings. The molecule has 0 bridgehead atoms. The topological polar surface area (TPSA) is 89.4 Å². The van der Waals surface area contributed by atoms with Crippen LogP contribution in [0.25, 0.3) is 0 Å².